The fourth-order valence-corrected chi connectivity index (χ4v) is 1.11. The second-order valence-corrected chi connectivity index (χ2v) is 2.88. The van der Waals surface area contributed by atoms with Crippen LogP contribution >= 0.6 is 12.4 Å². The highest BCUT2D eigenvalue weighted by Crippen LogP contribution is 2.11. The molecular weight excluding hydrogens is 210 g/mol. The lowest BCUT2D eigenvalue weighted by Crippen LogP contribution is -2.03. The number of nitrogens with one attached hydrogen (secondary N) is 1. The molecule has 0 heterocycles. The van der Waals surface area contributed by atoms with Gasteiger partial charge in [0.1, 0.15) is 0 Å². The van der Waals surface area contributed by atoms with Crippen molar-refractivity contribution in [3.05, 3.63) is 60.7 Å². The monoisotopic (exact) mass is 221 g/mol. The molecule has 0 amide bonds. The first-order valence-electron chi connectivity index (χ1n) is 4.48. The van der Waals surface area contributed by atoms with Gasteiger partial charge in [-0.05, 0) is 24.3 Å². The zero-order chi connectivity index (χ0) is 9.64. The molecule has 0 saturated carbocycles. The van der Waals surface area contributed by atoms with Crippen LogP contribution in [0.5, 0.6) is 5.75 Å². The van der Waals surface area contributed by atoms with Crippen LogP contribution in [0.3, 0.4) is 0 Å². The minimum atomic E-state index is 0. The number of hydrogen-bond acceptors (Lipinski definition) is 2. The summed E-state index contributed by atoms with van der Waals surface area (Å²) in [6, 6.07) is 19.4. The molecule has 0 radical (unpaired) electrons. The zero-order valence-electron chi connectivity index (χ0n) is 8.09. The molecule has 0 spiro atoms. The third kappa shape index (κ3) is 3.52. The van der Waals surface area contributed by atoms with E-state index in [-0.39, 0.29) is 12.4 Å². The molecule has 0 unspecified atom stereocenters. The minimum Gasteiger partial charge on any atom is -0.382 e. The smallest absolute Gasteiger partial charge is 0.155 e. The molecule has 0 aromatic heterocycles. The summed E-state index contributed by atoms with van der Waals surface area (Å²) in [6.45, 7) is 0. The molecule has 0 bridgehead atoms. The van der Waals surface area contributed by atoms with E-state index in [4.69, 9.17) is 4.84 Å². The maximum absolute atomic E-state index is 5.34. The van der Waals surface area contributed by atoms with Crippen molar-refractivity contribution in [3.8, 4) is 5.75 Å². The highest BCUT2D eigenvalue weighted by molar-refractivity contribution is 5.85. The Balaban J connectivity index is 0.00000112. The lowest BCUT2D eigenvalue weighted by Gasteiger charge is -2.06. The van der Waals surface area contributed by atoms with Crippen molar-refractivity contribution in [1.29, 1.82) is 0 Å². The predicted octanol–water partition coefficient (Wildman–Crippen LogP) is 3.51. The first-order valence-corrected chi connectivity index (χ1v) is 4.48. The number of anilines is 1. The molecule has 0 atom stereocenters. The summed E-state index contributed by atoms with van der Waals surface area (Å²) in [5.41, 5.74) is 3.80. The van der Waals surface area contributed by atoms with Gasteiger partial charge in [0.15, 0.2) is 5.75 Å². The molecular formula is C12H12ClNO. The fourth-order valence-electron chi connectivity index (χ4n) is 1.11. The van der Waals surface area contributed by atoms with Crippen LogP contribution in [0.2, 0.25) is 0 Å². The molecule has 0 saturated heterocycles. The second kappa shape index (κ2) is 5.94. The van der Waals surface area contributed by atoms with Crippen molar-refractivity contribution >= 4 is 18.1 Å². The quantitative estimate of drug-likeness (QED) is 0.801. The summed E-state index contributed by atoms with van der Waals surface area (Å²) in [4.78, 5) is 5.34. The minimum absolute atomic E-state index is 0. The van der Waals surface area contributed by atoms with E-state index >= 15 is 0 Å². The Morgan fingerprint density at radius 2 is 1.27 bits per heavy atom. The molecule has 0 aliphatic carbocycles. The van der Waals surface area contributed by atoms with Gasteiger partial charge in [-0.3, -0.25) is 0 Å². The summed E-state index contributed by atoms with van der Waals surface area (Å²) in [5.74, 6) is 0.802. The summed E-state index contributed by atoms with van der Waals surface area (Å²) < 4.78 is 0. The van der Waals surface area contributed by atoms with Crippen molar-refractivity contribution in [3.63, 3.8) is 0 Å². The molecule has 0 fully saturated rings. The van der Waals surface area contributed by atoms with Crippen molar-refractivity contribution in [2.75, 3.05) is 5.48 Å². The SMILES string of the molecule is Cl.c1ccc(NOc2ccccc2)cc1. The molecule has 2 aromatic rings. The van der Waals surface area contributed by atoms with Gasteiger partial charge in [-0.15, -0.1) is 12.4 Å². The first kappa shape index (κ1) is 11.4. The highest BCUT2D eigenvalue weighted by atomic mass is 35.5. The van der Waals surface area contributed by atoms with Gasteiger partial charge in [0.25, 0.3) is 0 Å². The average molecular weight is 222 g/mol. The van der Waals surface area contributed by atoms with E-state index in [1.54, 1.807) is 0 Å². The molecule has 78 valence electrons. The Hall–Kier alpha value is -1.67. The summed E-state index contributed by atoms with van der Waals surface area (Å²) >= 11 is 0. The van der Waals surface area contributed by atoms with Crippen molar-refractivity contribution in [1.82, 2.24) is 0 Å². The number of rotatable bonds is 3. The Bertz CT molecular complexity index is 338. The van der Waals surface area contributed by atoms with Gasteiger partial charge in [-0.1, -0.05) is 36.4 Å². The normalized spacial score (nSPS) is 8.80. The third-order valence-corrected chi connectivity index (χ3v) is 1.80. The Labute approximate surface area is 95.3 Å². The molecule has 2 aromatic carbocycles. The van der Waals surface area contributed by atoms with Gasteiger partial charge < -0.3 is 4.84 Å². The number of halogens is 1. The van der Waals surface area contributed by atoms with Crippen molar-refractivity contribution in [2.45, 2.75) is 0 Å². The molecule has 2 nitrogen and oxygen atoms in total. The topological polar surface area (TPSA) is 21.3 Å². The maximum Gasteiger partial charge on any atom is 0.155 e. The Kier molecular flexibility index (Phi) is 4.51. The highest BCUT2D eigenvalue weighted by Gasteiger charge is 1.91. The van der Waals surface area contributed by atoms with Crippen molar-refractivity contribution < 1.29 is 4.84 Å². The number of hydrogen-bond donors (Lipinski definition) is 1. The van der Waals surface area contributed by atoms with E-state index in [9.17, 15) is 0 Å². The van der Waals surface area contributed by atoms with Crippen LogP contribution in [0.4, 0.5) is 5.69 Å². The van der Waals surface area contributed by atoms with Crippen LogP contribution in [-0.4, -0.2) is 0 Å². The lowest BCUT2D eigenvalue weighted by molar-refractivity contribution is 0.405. The Morgan fingerprint density at radius 3 is 1.87 bits per heavy atom. The zero-order valence-corrected chi connectivity index (χ0v) is 8.91. The van der Waals surface area contributed by atoms with Gasteiger partial charge in [-0.2, -0.15) is 0 Å². The molecule has 0 aliphatic heterocycles. The van der Waals surface area contributed by atoms with Crippen LogP contribution in [0.25, 0.3) is 0 Å². The van der Waals surface area contributed by atoms with Gasteiger partial charge in [0, 0.05) is 0 Å². The first-order chi connectivity index (χ1) is 6.95. The van der Waals surface area contributed by atoms with Gasteiger partial charge in [-0.25, -0.2) is 5.48 Å². The molecule has 15 heavy (non-hydrogen) atoms. The van der Waals surface area contributed by atoms with E-state index in [0.29, 0.717) is 0 Å². The average Bonchev–Trinajstić information content (AvgIpc) is 2.29. The largest absolute Gasteiger partial charge is 0.382 e. The summed E-state index contributed by atoms with van der Waals surface area (Å²) in [7, 11) is 0. The van der Waals surface area contributed by atoms with Crippen LogP contribution in [0, 0.1) is 0 Å². The number of para-hydroxylation sites is 2. The van der Waals surface area contributed by atoms with Crippen LogP contribution in [-0.2, 0) is 0 Å². The van der Waals surface area contributed by atoms with Crippen LogP contribution in [0.15, 0.2) is 60.7 Å². The van der Waals surface area contributed by atoms with Crippen molar-refractivity contribution in [2.24, 2.45) is 0 Å². The lowest BCUT2D eigenvalue weighted by atomic mass is 10.3. The van der Waals surface area contributed by atoms with E-state index in [0.717, 1.165) is 11.4 Å². The summed E-state index contributed by atoms with van der Waals surface area (Å²) in [6.07, 6.45) is 0. The van der Waals surface area contributed by atoms with E-state index < -0.39 is 0 Å². The maximum atomic E-state index is 5.34. The van der Waals surface area contributed by atoms with Gasteiger partial charge in [0.05, 0.1) is 5.69 Å². The van der Waals surface area contributed by atoms with E-state index in [1.165, 1.54) is 0 Å². The van der Waals surface area contributed by atoms with E-state index in [1.807, 2.05) is 60.7 Å². The number of benzene rings is 2. The fraction of sp³-hybridized carbons (Fsp3) is 0. The molecule has 0 aliphatic rings. The van der Waals surface area contributed by atoms with Crippen LogP contribution < -0.4 is 10.3 Å². The second-order valence-electron chi connectivity index (χ2n) is 2.88. The molecule has 2 rings (SSSR count). The standard InChI is InChI=1S/C12H11NO.ClH/c1-3-7-11(8-4-1)13-14-12-9-5-2-6-10-12;/h1-10,13H;1H. The predicted molar refractivity (Wildman–Crippen MR) is 64.4 cm³/mol. The third-order valence-electron chi connectivity index (χ3n) is 1.80. The van der Waals surface area contributed by atoms with Gasteiger partial charge >= 0.3 is 0 Å². The van der Waals surface area contributed by atoms with E-state index in [2.05, 4.69) is 5.48 Å². The Morgan fingerprint density at radius 1 is 0.733 bits per heavy atom. The van der Waals surface area contributed by atoms with Gasteiger partial charge in [0.2, 0.25) is 0 Å². The summed E-state index contributed by atoms with van der Waals surface area (Å²) in [5, 5.41) is 0. The molecule has 1 N–H and O–H groups in total. The van der Waals surface area contributed by atoms with Crippen LogP contribution in [0.1, 0.15) is 0 Å². The molecule has 3 heteroatoms.